The molecule has 1 aromatic heterocycles. The van der Waals surface area contributed by atoms with E-state index in [0.717, 1.165) is 17.6 Å². The number of fused-ring (bicyclic) bond motifs is 1. The lowest BCUT2D eigenvalue weighted by atomic mass is 10.2. The second kappa shape index (κ2) is 5.29. The monoisotopic (exact) mass is 304 g/mol. The molecule has 3 aromatic rings. The Morgan fingerprint density at radius 2 is 1.59 bits per heavy atom. The van der Waals surface area contributed by atoms with Crippen LogP contribution in [0.5, 0.6) is 11.6 Å². The van der Waals surface area contributed by atoms with Gasteiger partial charge in [-0.3, -0.25) is 0 Å². The predicted molar refractivity (Wildman–Crippen MR) is 75.8 cm³/mol. The second-order valence-corrected chi connectivity index (χ2v) is 4.72. The fourth-order valence-electron chi connectivity index (χ4n) is 2.06. The topological polar surface area (TPSA) is 35.0 Å². The van der Waals surface area contributed by atoms with Crippen molar-refractivity contribution in [2.45, 2.75) is 13.1 Å². The van der Waals surface area contributed by atoms with Gasteiger partial charge in [-0.2, -0.15) is 18.2 Å². The standard InChI is InChI=1S/C16H11F3N2O/c1-10-20-14-5-3-2-4-13(14)15(21-10)22-12-8-6-11(7-9-12)16(17,18)19/h2-9H,1H3. The molecule has 0 radical (unpaired) electrons. The van der Waals surface area contributed by atoms with Crippen LogP contribution >= 0.6 is 0 Å². The first-order valence-electron chi connectivity index (χ1n) is 6.52. The molecule has 0 aliphatic carbocycles. The summed E-state index contributed by atoms with van der Waals surface area (Å²) in [6, 6.07) is 11.8. The summed E-state index contributed by atoms with van der Waals surface area (Å²) in [6.07, 6.45) is -4.36. The smallest absolute Gasteiger partial charge is 0.416 e. The molecule has 0 fully saturated rings. The van der Waals surface area contributed by atoms with Crippen molar-refractivity contribution in [3.63, 3.8) is 0 Å². The molecule has 0 atom stereocenters. The molecule has 0 saturated carbocycles. The molecule has 0 amide bonds. The van der Waals surface area contributed by atoms with Crippen molar-refractivity contribution < 1.29 is 17.9 Å². The summed E-state index contributed by atoms with van der Waals surface area (Å²) in [4.78, 5) is 8.50. The van der Waals surface area contributed by atoms with Crippen molar-refractivity contribution in [2.75, 3.05) is 0 Å². The summed E-state index contributed by atoms with van der Waals surface area (Å²) in [5.74, 6) is 1.14. The minimum Gasteiger partial charge on any atom is -0.438 e. The fourth-order valence-corrected chi connectivity index (χ4v) is 2.06. The zero-order valence-corrected chi connectivity index (χ0v) is 11.6. The van der Waals surface area contributed by atoms with Crippen LogP contribution in [-0.2, 0) is 6.18 Å². The van der Waals surface area contributed by atoms with E-state index in [-0.39, 0.29) is 5.75 Å². The third kappa shape index (κ3) is 2.86. The molecule has 0 N–H and O–H groups in total. The molecular formula is C16H11F3N2O. The molecule has 0 bridgehead atoms. The minimum absolute atomic E-state index is 0.288. The lowest BCUT2D eigenvalue weighted by molar-refractivity contribution is -0.137. The molecule has 6 heteroatoms. The number of aromatic nitrogens is 2. The number of rotatable bonds is 2. The van der Waals surface area contributed by atoms with Crippen LogP contribution in [0.2, 0.25) is 0 Å². The highest BCUT2D eigenvalue weighted by atomic mass is 19.4. The number of para-hydroxylation sites is 1. The first-order chi connectivity index (χ1) is 10.4. The molecule has 3 rings (SSSR count). The lowest BCUT2D eigenvalue weighted by Gasteiger charge is -2.10. The van der Waals surface area contributed by atoms with Crippen LogP contribution in [0.3, 0.4) is 0 Å². The first-order valence-corrected chi connectivity index (χ1v) is 6.52. The lowest BCUT2D eigenvalue weighted by Crippen LogP contribution is -2.04. The molecule has 0 spiro atoms. The normalized spacial score (nSPS) is 11.6. The maximum atomic E-state index is 12.5. The van der Waals surface area contributed by atoms with E-state index in [4.69, 9.17) is 4.74 Å². The van der Waals surface area contributed by atoms with Gasteiger partial charge in [0.25, 0.3) is 0 Å². The van der Waals surface area contributed by atoms with Gasteiger partial charge in [0.1, 0.15) is 11.6 Å². The number of ether oxygens (including phenoxy) is 1. The fraction of sp³-hybridized carbons (Fsp3) is 0.125. The Morgan fingerprint density at radius 1 is 0.909 bits per heavy atom. The molecular weight excluding hydrogens is 293 g/mol. The SMILES string of the molecule is Cc1nc(Oc2ccc(C(F)(F)F)cc2)c2ccccc2n1. The van der Waals surface area contributed by atoms with Crippen LogP contribution < -0.4 is 4.74 Å². The van der Waals surface area contributed by atoms with E-state index in [9.17, 15) is 13.2 Å². The molecule has 0 unspecified atom stereocenters. The van der Waals surface area contributed by atoms with Gasteiger partial charge in [-0.1, -0.05) is 12.1 Å². The first kappa shape index (κ1) is 14.3. The average molecular weight is 304 g/mol. The zero-order chi connectivity index (χ0) is 15.7. The predicted octanol–water partition coefficient (Wildman–Crippen LogP) is 4.75. The summed E-state index contributed by atoms with van der Waals surface area (Å²) >= 11 is 0. The summed E-state index contributed by atoms with van der Waals surface area (Å²) in [7, 11) is 0. The average Bonchev–Trinajstić information content (AvgIpc) is 2.46. The third-order valence-corrected chi connectivity index (χ3v) is 3.08. The van der Waals surface area contributed by atoms with E-state index in [1.807, 2.05) is 18.2 Å². The molecule has 1 heterocycles. The van der Waals surface area contributed by atoms with Gasteiger partial charge < -0.3 is 4.74 Å². The van der Waals surface area contributed by atoms with E-state index < -0.39 is 11.7 Å². The second-order valence-electron chi connectivity index (χ2n) is 4.72. The van der Waals surface area contributed by atoms with Crippen LogP contribution in [0.1, 0.15) is 11.4 Å². The number of nitrogens with zero attached hydrogens (tertiary/aromatic N) is 2. The Hall–Kier alpha value is -2.63. The largest absolute Gasteiger partial charge is 0.438 e. The van der Waals surface area contributed by atoms with Gasteiger partial charge >= 0.3 is 6.18 Å². The summed E-state index contributed by atoms with van der Waals surface area (Å²) in [5, 5.41) is 0.702. The van der Waals surface area contributed by atoms with E-state index in [1.165, 1.54) is 12.1 Å². The van der Waals surface area contributed by atoms with E-state index >= 15 is 0 Å². The number of halogens is 3. The van der Waals surface area contributed by atoms with E-state index in [2.05, 4.69) is 9.97 Å². The van der Waals surface area contributed by atoms with Crippen molar-refractivity contribution >= 4 is 10.9 Å². The van der Waals surface area contributed by atoms with Crippen molar-refractivity contribution in [2.24, 2.45) is 0 Å². The minimum atomic E-state index is -4.36. The van der Waals surface area contributed by atoms with Crippen LogP contribution in [0.4, 0.5) is 13.2 Å². The number of aryl methyl sites for hydroxylation is 1. The highest BCUT2D eigenvalue weighted by Gasteiger charge is 2.30. The number of hydrogen-bond donors (Lipinski definition) is 0. The van der Waals surface area contributed by atoms with Gasteiger partial charge in [-0.15, -0.1) is 0 Å². The molecule has 3 nitrogen and oxygen atoms in total. The van der Waals surface area contributed by atoms with Gasteiger partial charge in [-0.05, 0) is 43.3 Å². The van der Waals surface area contributed by atoms with Gasteiger partial charge in [0.2, 0.25) is 5.88 Å². The Bertz CT molecular complexity index is 814. The molecule has 112 valence electrons. The molecule has 0 aliphatic rings. The van der Waals surface area contributed by atoms with E-state index in [1.54, 1.807) is 13.0 Å². The Balaban J connectivity index is 1.96. The van der Waals surface area contributed by atoms with Gasteiger partial charge in [0, 0.05) is 0 Å². The molecule has 0 saturated heterocycles. The summed E-state index contributed by atoms with van der Waals surface area (Å²) in [5.41, 5.74) is 0.000452. The van der Waals surface area contributed by atoms with Crippen LogP contribution in [-0.4, -0.2) is 9.97 Å². The Labute approximate surface area is 124 Å². The van der Waals surface area contributed by atoms with Gasteiger partial charge in [0.15, 0.2) is 0 Å². The quantitative estimate of drug-likeness (QED) is 0.685. The summed E-state index contributed by atoms with van der Waals surface area (Å²) in [6.45, 7) is 1.73. The molecule has 0 aliphatic heterocycles. The van der Waals surface area contributed by atoms with Crippen molar-refractivity contribution in [1.82, 2.24) is 9.97 Å². The molecule has 22 heavy (non-hydrogen) atoms. The van der Waals surface area contributed by atoms with Crippen LogP contribution in [0.25, 0.3) is 10.9 Å². The Morgan fingerprint density at radius 3 is 2.27 bits per heavy atom. The number of benzene rings is 2. The highest BCUT2D eigenvalue weighted by Crippen LogP contribution is 2.32. The zero-order valence-electron chi connectivity index (χ0n) is 11.6. The van der Waals surface area contributed by atoms with Crippen LogP contribution in [0, 0.1) is 6.92 Å². The van der Waals surface area contributed by atoms with Crippen molar-refractivity contribution in [3.05, 3.63) is 59.9 Å². The molecule has 2 aromatic carbocycles. The van der Waals surface area contributed by atoms with E-state index in [0.29, 0.717) is 17.1 Å². The Kier molecular flexibility index (Phi) is 3.44. The summed E-state index contributed by atoms with van der Waals surface area (Å²) < 4.78 is 43.3. The van der Waals surface area contributed by atoms with Crippen LogP contribution in [0.15, 0.2) is 48.5 Å². The van der Waals surface area contributed by atoms with Gasteiger partial charge in [0.05, 0.1) is 16.5 Å². The maximum absolute atomic E-state index is 12.5. The number of alkyl halides is 3. The highest BCUT2D eigenvalue weighted by molar-refractivity contribution is 5.83. The van der Waals surface area contributed by atoms with Gasteiger partial charge in [-0.25, -0.2) is 4.98 Å². The third-order valence-electron chi connectivity index (χ3n) is 3.08. The van der Waals surface area contributed by atoms with Crippen molar-refractivity contribution in [3.8, 4) is 11.6 Å². The maximum Gasteiger partial charge on any atom is 0.416 e. The number of hydrogen-bond acceptors (Lipinski definition) is 3. The van der Waals surface area contributed by atoms with Crippen molar-refractivity contribution in [1.29, 1.82) is 0 Å².